The summed E-state index contributed by atoms with van der Waals surface area (Å²) in [6.07, 6.45) is 9.21. The maximum Gasteiger partial charge on any atom is 0.171 e. The van der Waals surface area contributed by atoms with E-state index >= 15 is 0 Å². The van der Waals surface area contributed by atoms with Crippen LogP contribution in [-0.4, -0.2) is 35.5 Å². The molecule has 6 aliphatic rings. The zero-order valence-electron chi connectivity index (χ0n) is 19.9. The number of carbonyl (C=O) groups is 1. The Morgan fingerprint density at radius 2 is 1.74 bits per heavy atom. The van der Waals surface area contributed by atoms with Gasteiger partial charge in [-0.15, -0.1) is 0 Å². The van der Waals surface area contributed by atoms with Crippen molar-refractivity contribution in [2.24, 2.45) is 52.3 Å². The highest BCUT2D eigenvalue weighted by molar-refractivity contribution is 5.83. The molecule has 2 heterocycles. The van der Waals surface area contributed by atoms with Gasteiger partial charge in [0.2, 0.25) is 0 Å². The molecule has 0 aromatic rings. The molecule has 174 valence electrons. The van der Waals surface area contributed by atoms with E-state index in [-0.39, 0.29) is 28.6 Å². The first-order chi connectivity index (χ1) is 14.7. The van der Waals surface area contributed by atoms with Crippen molar-refractivity contribution in [2.45, 2.75) is 103 Å². The molecule has 1 spiro atoms. The summed E-state index contributed by atoms with van der Waals surface area (Å²) in [6, 6.07) is 0. The molecule has 4 nitrogen and oxygen atoms in total. The van der Waals surface area contributed by atoms with Gasteiger partial charge in [-0.25, -0.2) is 0 Å². The summed E-state index contributed by atoms with van der Waals surface area (Å²) in [5.41, 5.74) is 0.355. The van der Waals surface area contributed by atoms with Crippen molar-refractivity contribution in [3.8, 4) is 0 Å². The minimum absolute atomic E-state index is 0.0823. The molecular formula is C27H42O4. The number of hydrogen-bond donors (Lipinski definition) is 1. The van der Waals surface area contributed by atoms with E-state index in [2.05, 4.69) is 27.7 Å². The summed E-state index contributed by atoms with van der Waals surface area (Å²) in [5.74, 6) is 3.53. The summed E-state index contributed by atoms with van der Waals surface area (Å²) in [5, 5.41) is 10.3. The maximum absolute atomic E-state index is 13.3. The summed E-state index contributed by atoms with van der Waals surface area (Å²) in [7, 11) is 0. The molecule has 12 atom stereocenters. The molecule has 0 amide bonds. The summed E-state index contributed by atoms with van der Waals surface area (Å²) in [6.45, 7) is 10.4. The Hall–Kier alpha value is -0.450. The van der Waals surface area contributed by atoms with Crippen LogP contribution in [-0.2, 0) is 14.3 Å². The second-order valence-corrected chi connectivity index (χ2v) is 13.1. The zero-order valence-corrected chi connectivity index (χ0v) is 19.9. The molecule has 0 aromatic carbocycles. The fourth-order valence-corrected chi connectivity index (χ4v) is 10.0. The van der Waals surface area contributed by atoms with Gasteiger partial charge in [-0.2, -0.15) is 0 Å². The number of aliphatic hydroxyl groups is 1. The van der Waals surface area contributed by atoms with Crippen LogP contribution >= 0.6 is 0 Å². The Morgan fingerprint density at radius 1 is 0.968 bits per heavy atom. The number of ether oxygens (including phenoxy) is 2. The highest BCUT2D eigenvalue weighted by Gasteiger charge is 2.69. The molecule has 0 aromatic heterocycles. The molecule has 0 radical (unpaired) electrons. The Kier molecular flexibility index (Phi) is 4.62. The van der Waals surface area contributed by atoms with Crippen LogP contribution < -0.4 is 0 Å². The number of ketones is 1. The third-order valence-electron chi connectivity index (χ3n) is 11.7. The lowest BCUT2D eigenvalue weighted by Gasteiger charge is -2.60. The lowest BCUT2D eigenvalue weighted by atomic mass is 9.44. The Labute approximate surface area is 187 Å². The van der Waals surface area contributed by atoms with E-state index in [9.17, 15) is 9.90 Å². The van der Waals surface area contributed by atoms with E-state index < -0.39 is 0 Å². The van der Waals surface area contributed by atoms with Gasteiger partial charge < -0.3 is 14.6 Å². The fraction of sp³-hybridized carbons (Fsp3) is 0.963. The lowest BCUT2D eigenvalue weighted by molar-refractivity contribution is -0.273. The Morgan fingerprint density at radius 3 is 2.48 bits per heavy atom. The number of aliphatic hydroxyl groups excluding tert-OH is 1. The van der Waals surface area contributed by atoms with Gasteiger partial charge in [-0.1, -0.05) is 27.7 Å². The van der Waals surface area contributed by atoms with Crippen LogP contribution in [0, 0.1) is 52.3 Å². The van der Waals surface area contributed by atoms with E-state index in [0.29, 0.717) is 53.8 Å². The van der Waals surface area contributed by atoms with Gasteiger partial charge in [0, 0.05) is 24.7 Å². The molecule has 6 fully saturated rings. The molecule has 4 aliphatic carbocycles. The lowest BCUT2D eigenvalue weighted by Crippen LogP contribution is -2.57. The minimum Gasteiger partial charge on any atom is -0.393 e. The molecule has 1 N–H and O–H groups in total. The zero-order chi connectivity index (χ0) is 21.8. The average Bonchev–Trinajstić information content (AvgIpc) is 3.17. The summed E-state index contributed by atoms with van der Waals surface area (Å²) >= 11 is 0. The largest absolute Gasteiger partial charge is 0.393 e. The first-order valence-electron chi connectivity index (χ1n) is 13.2. The van der Waals surface area contributed by atoms with Crippen molar-refractivity contribution in [1.29, 1.82) is 0 Å². The van der Waals surface area contributed by atoms with Crippen molar-refractivity contribution in [2.75, 3.05) is 6.61 Å². The van der Waals surface area contributed by atoms with E-state index in [0.717, 1.165) is 38.7 Å². The van der Waals surface area contributed by atoms with Crippen molar-refractivity contribution in [3.63, 3.8) is 0 Å². The van der Waals surface area contributed by atoms with Gasteiger partial charge in [-0.3, -0.25) is 4.79 Å². The van der Waals surface area contributed by atoms with E-state index in [1.165, 1.54) is 19.3 Å². The molecule has 4 saturated carbocycles. The average molecular weight is 431 g/mol. The van der Waals surface area contributed by atoms with Gasteiger partial charge in [-0.05, 0) is 85.4 Å². The van der Waals surface area contributed by atoms with Gasteiger partial charge in [0.15, 0.2) is 5.79 Å². The third-order valence-corrected chi connectivity index (χ3v) is 11.7. The highest BCUT2D eigenvalue weighted by atomic mass is 16.7. The van der Waals surface area contributed by atoms with Crippen LogP contribution in [0.1, 0.15) is 85.5 Å². The predicted molar refractivity (Wildman–Crippen MR) is 118 cm³/mol. The number of fused-ring (bicyclic) bond motifs is 7. The first-order valence-corrected chi connectivity index (χ1v) is 13.2. The van der Waals surface area contributed by atoms with Crippen LogP contribution in [0.2, 0.25) is 0 Å². The number of hydrogen-bond acceptors (Lipinski definition) is 4. The van der Waals surface area contributed by atoms with Crippen LogP contribution in [0.4, 0.5) is 0 Å². The molecule has 2 saturated heterocycles. The topological polar surface area (TPSA) is 55.8 Å². The van der Waals surface area contributed by atoms with Crippen LogP contribution in [0.3, 0.4) is 0 Å². The first kappa shape index (κ1) is 21.1. The standard InChI is InChI=1S/C27H42O4/c1-15-5-10-27(30-14-15)16(2)24-23(31-27)13-20-18-12-22(29)21-11-17(28)6-8-25(21,3)19(18)7-9-26(20,24)4/h15-21,23-24,28H,5-14H2,1-4H3/t15-,16+,17+,18-,19+,20+,21?,23+,24+,25-,26+,27-/m1/s1. The van der Waals surface area contributed by atoms with Crippen molar-refractivity contribution < 1.29 is 19.4 Å². The second kappa shape index (κ2) is 6.79. The number of carbonyl (C=O) groups excluding carboxylic acids is 1. The number of rotatable bonds is 0. The SMILES string of the molecule is C[C@@H]1CC[C@@]2(OC1)O[C@H]1C[C@H]3[C@@H]4CC(=O)C5C[C@@H](O)CC[C@]5(C)[C@H]4CC[C@]3(C)[C@H]1[C@@H]2C. The van der Waals surface area contributed by atoms with E-state index in [4.69, 9.17) is 9.47 Å². The second-order valence-electron chi connectivity index (χ2n) is 13.1. The van der Waals surface area contributed by atoms with Crippen molar-refractivity contribution >= 4 is 5.78 Å². The predicted octanol–water partition coefficient (Wildman–Crippen LogP) is 4.97. The smallest absolute Gasteiger partial charge is 0.171 e. The quantitative estimate of drug-likeness (QED) is 0.589. The number of Topliss-reactive ketones (excluding diaryl/α,β-unsaturated/α-hetero) is 1. The minimum atomic E-state index is -0.356. The molecular weight excluding hydrogens is 388 g/mol. The third kappa shape index (κ3) is 2.74. The molecule has 4 heteroatoms. The monoisotopic (exact) mass is 430 g/mol. The normalized spacial score (nSPS) is 60.9. The molecule has 0 bridgehead atoms. The Balaban J connectivity index is 1.28. The fourth-order valence-electron chi connectivity index (χ4n) is 10.0. The molecule has 31 heavy (non-hydrogen) atoms. The Bertz CT molecular complexity index is 756. The van der Waals surface area contributed by atoms with Crippen LogP contribution in [0.5, 0.6) is 0 Å². The molecule has 6 rings (SSSR count). The summed E-state index contributed by atoms with van der Waals surface area (Å²) in [4.78, 5) is 13.3. The molecule has 2 aliphatic heterocycles. The van der Waals surface area contributed by atoms with Crippen LogP contribution in [0.15, 0.2) is 0 Å². The van der Waals surface area contributed by atoms with Gasteiger partial charge in [0.05, 0.1) is 18.8 Å². The van der Waals surface area contributed by atoms with Crippen molar-refractivity contribution in [3.05, 3.63) is 0 Å². The van der Waals surface area contributed by atoms with Gasteiger partial charge >= 0.3 is 0 Å². The molecule has 1 unspecified atom stereocenters. The van der Waals surface area contributed by atoms with Gasteiger partial charge in [0.1, 0.15) is 5.78 Å². The maximum atomic E-state index is 13.3. The van der Waals surface area contributed by atoms with Gasteiger partial charge in [0.25, 0.3) is 0 Å². The van der Waals surface area contributed by atoms with Crippen molar-refractivity contribution in [1.82, 2.24) is 0 Å². The van der Waals surface area contributed by atoms with E-state index in [1.807, 2.05) is 0 Å². The summed E-state index contributed by atoms with van der Waals surface area (Å²) < 4.78 is 13.3. The van der Waals surface area contributed by atoms with Crippen LogP contribution in [0.25, 0.3) is 0 Å². The highest BCUT2D eigenvalue weighted by Crippen LogP contribution is 2.71. The van der Waals surface area contributed by atoms with E-state index in [1.54, 1.807) is 0 Å².